The molecule has 0 heterocycles. The van der Waals surface area contributed by atoms with Gasteiger partial charge in [0.2, 0.25) is 0 Å². The van der Waals surface area contributed by atoms with Gasteiger partial charge in [-0.1, -0.05) is 48.9 Å². The van der Waals surface area contributed by atoms with Crippen LogP contribution in [0.4, 0.5) is 0 Å². The first-order valence-corrected chi connectivity index (χ1v) is 6.65. The SMILES string of the molecule is CCc1ccccc1C(N)c1cc(C)ccc1OC. The largest absolute Gasteiger partial charge is 0.496 e. The Labute approximate surface area is 115 Å². The maximum Gasteiger partial charge on any atom is 0.123 e. The Bertz CT molecular complexity index is 563. The molecule has 0 spiro atoms. The highest BCUT2D eigenvalue weighted by molar-refractivity contribution is 5.45. The van der Waals surface area contributed by atoms with Gasteiger partial charge >= 0.3 is 0 Å². The predicted molar refractivity (Wildman–Crippen MR) is 79.6 cm³/mol. The van der Waals surface area contributed by atoms with Crippen molar-refractivity contribution in [3.63, 3.8) is 0 Å². The Balaban J connectivity index is 2.49. The first kappa shape index (κ1) is 13.6. The molecule has 0 radical (unpaired) electrons. The second-order valence-corrected chi connectivity index (χ2v) is 4.78. The van der Waals surface area contributed by atoms with Gasteiger partial charge in [-0.15, -0.1) is 0 Å². The summed E-state index contributed by atoms with van der Waals surface area (Å²) in [6.07, 6.45) is 0.984. The van der Waals surface area contributed by atoms with E-state index >= 15 is 0 Å². The van der Waals surface area contributed by atoms with Crippen LogP contribution < -0.4 is 10.5 Å². The van der Waals surface area contributed by atoms with E-state index in [1.54, 1.807) is 7.11 Å². The topological polar surface area (TPSA) is 35.2 Å². The average Bonchev–Trinajstić information content (AvgIpc) is 2.46. The molecule has 1 unspecified atom stereocenters. The molecular weight excluding hydrogens is 234 g/mol. The first-order valence-electron chi connectivity index (χ1n) is 6.65. The summed E-state index contributed by atoms with van der Waals surface area (Å²) >= 11 is 0. The lowest BCUT2D eigenvalue weighted by molar-refractivity contribution is 0.407. The summed E-state index contributed by atoms with van der Waals surface area (Å²) in [4.78, 5) is 0. The van der Waals surface area contributed by atoms with Crippen LogP contribution in [0, 0.1) is 6.92 Å². The number of benzene rings is 2. The monoisotopic (exact) mass is 255 g/mol. The normalized spacial score (nSPS) is 12.2. The van der Waals surface area contributed by atoms with Crippen LogP contribution in [0.5, 0.6) is 5.75 Å². The molecule has 0 bridgehead atoms. The fourth-order valence-electron chi connectivity index (χ4n) is 2.42. The third kappa shape index (κ3) is 2.79. The molecule has 100 valence electrons. The molecule has 0 aliphatic rings. The van der Waals surface area contributed by atoms with E-state index in [1.165, 1.54) is 16.7 Å². The van der Waals surface area contributed by atoms with Gasteiger partial charge in [0.25, 0.3) is 0 Å². The van der Waals surface area contributed by atoms with Crippen molar-refractivity contribution in [1.82, 2.24) is 0 Å². The van der Waals surface area contributed by atoms with Gasteiger partial charge in [-0.05, 0) is 30.5 Å². The number of nitrogens with two attached hydrogens (primary N) is 1. The molecule has 2 N–H and O–H groups in total. The van der Waals surface area contributed by atoms with Crippen molar-refractivity contribution in [1.29, 1.82) is 0 Å². The van der Waals surface area contributed by atoms with E-state index in [4.69, 9.17) is 10.5 Å². The summed E-state index contributed by atoms with van der Waals surface area (Å²) in [5.41, 5.74) is 11.2. The van der Waals surface area contributed by atoms with E-state index < -0.39 is 0 Å². The van der Waals surface area contributed by atoms with Gasteiger partial charge < -0.3 is 10.5 Å². The van der Waals surface area contributed by atoms with Crippen LogP contribution >= 0.6 is 0 Å². The number of ether oxygens (including phenoxy) is 1. The van der Waals surface area contributed by atoms with Crippen molar-refractivity contribution < 1.29 is 4.74 Å². The fraction of sp³-hybridized carbons (Fsp3) is 0.294. The van der Waals surface area contributed by atoms with Crippen LogP contribution in [0.1, 0.15) is 35.2 Å². The molecule has 2 heteroatoms. The van der Waals surface area contributed by atoms with Crippen molar-refractivity contribution in [2.24, 2.45) is 5.73 Å². The number of aryl methyl sites for hydroxylation is 2. The van der Waals surface area contributed by atoms with Gasteiger partial charge in [0, 0.05) is 5.56 Å². The lowest BCUT2D eigenvalue weighted by Gasteiger charge is -2.19. The Morgan fingerprint density at radius 1 is 1.11 bits per heavy atom. The van der Waals surface area contributed by atoms with Gasteiger partial charge in [0.15, 0.2) is 0 Å². The minimum absolute atomic E-state index is 0.147. The molecule has 2 aromatic rings. The van der Waals surface area contributed by atoms with Crippen LogP contribution in [0.3, 0.4) is 0 Å². The smallest absolute Gasteiger partial charge is 0.123 e. The molecular formula is C17H21NO. The number of rotatable bonds is 4. The van der Waals surface area contributed by atoms with Crippen LogP contribution in [0.25, 0.3) is 0 Å². The van der Waals surface area contributed by atoms with E-state index in [0.29, 0.717) is 0 Å². The Morgan fingerprint density at radius 2 is 1.84 bits per heavy atom. The highest BCUT2D eigenvalue weighted by Crippen LogP contribution is 2.30. The zero-order valence-corrected chi connectivity index (χ0v) is 11.8. The van der Waals surface area contributed by atoms with Crippen molar-refractivity contribution in [2.75, 3.05) is 7.11 Å². The Hall–Kier alpha value is -1.80. The molecule has 0 fully saturated rings. The van der Waals surface area contributed by atoms with Gasteiger partial charge in [-0.25, -0.2) is 0 Å². The molecule has 0 saturated heterocycles. The van der Waals surface area contributed by atoms with Crippen LogP contribution in [0.15, 0.2) is 42.5 Å². The molecule has 2 rings (SSSR count). The van der Waals surface area contributed by atoms with Crippen LogP contribution in [-0.2, 0) is 6.42 Å². The Morgan fingerprint density at radius 3 is 2.53 bits per heavy atom. The van der Waals surface area contributed by atoms with Crippen LogP contribution in [-0.4, -0.2) is 7.11 Å². The number of hydrogen-bond acceptors (Lipinski definition) is 2. The molecule has 1 atom stereocenters. The molecule has 0 amide bonds. The van der Waals surface area contributed by atoms with E-state index in [9.17, 15) is 0 Å². The lowest BCUT2D eigenvalue weighted by atomic mass is 9.92. The second kappa shape index (κ2) is 5.89. The van der Waals surface area contributed by atoms with E-state index in [1.807, 2.05) is 18.2 Å². The minimum Gasteiger partial charge on any atom is -0.496 e. The summed E-state index contributed by atoms with van der Waals surface area (Å²) in [5.74, 6) is 0.851. The summed E-state index contributed by atoms with van der Waals surface area (Å²) in [6, 6.07) is 14.3. The molecule has 0 aromatic heterocycles. The predicted octanol–water partition coefficient (Wildman–Crippen LogP) is 3.61. The summed E-state index contributed by atoms with van der Waals surface area (Å²) in [6.45, 7) is 4.22. The quantitative estimate of drug-likeness (QED) is 0.905. The fourth-order valence-corrected chi connectivity index (χ4v) is 2.42. The maximum atomic E-state index is 6.46. The zero-order valence-electron chi connectivity index (χ0n) is 11.8. The van der Waals surface area contributed by atoms with Crippen molar-refractivity contribution >= 4 is 0 Å². The van der Waals surface area contributed by atoms with Gasteiger partial charge in [-0.3, -0.25) is 0 Å². The third-order valence-corrected chi connectivity index (χ3v) is 3.49. The molecule has 0 aliphatic heterocycles. The number of methoxy groups -OCH3 is 1. The summed E-state index contributed by atoms with van der Waals surface area (Å²) in [5, 5.41) is 0. The standard InChI is InChI=1S/C17H21NO/c1-4-13-7-5-6-8-14(13)17(18)15-11-12(2)9-10-16(15)19-3/h5-11,17H,4,18H2,1-3H3. The lowest BCUT2D eigenvalue weighted by Crippen LogP contribution is -2.15. The minimum atomic E-state index is -0.147. The maximum absolute atomic E-state index is 6.46. The molecule has 0 saturated carbocycles. The van der Waals surface area contributed by atoms with E-state index in [0.717, 1.165) is 17.7 Å². The average molecular weight is 255 g/mol. The summed E-state index contributed by atoms with van der Waals surface area (Å²) in [7, 11) is 1.69. The molecule has 0 aliphatic carbocycles. The highest BCUT2D eigenvalue weighted by Gasteiger charge is 2.16. The second-order valence-electron chi connectivity index (χ2n) is 4.78. The van der Waals surface area contributed by atoms with Gasteiger partial charge in [-0.2, -0.15) is 0 Å². The molecule has 19 heavy (non-hydrogen) atoms. The van der Waals surface area contributed by atoms with Crippen molar-refractivity contribution in [3.8, 4) is 5.75 Å². The van der Waals surface area contributed by atoms with E-state index in [-0.39, 0.29) is 6.04 Å². The van der Waals surface area contributed by atoms with Gasteiger partial charge in [0.05, 0.1) is 13.2 Å². The van der Waals surface area contributed by atoms with Gasteiger partial charge in [0.1, 0.15) is 5.75 Å². The van der Waals surface area contributed by atoms with E-state index in [2.05, 4.69) is 38.1 Å². The highest BCUT2D eigenvalue weighted by atomic mass is 16.5. The first-order chi connectivity index (χ1) is 9.17. The van der Waals surface area contributed by atoms with Crippen LogP contribution in [0.2, 0.25) is 0 Å². The number of hydrogen-bond donors (Lipinski definition) is 1. The third-order valence-electron chi connectivity index (χ3n) is 3.49. The molecule has 2 nitrogen and oxygen atoms in total. The van der Waals surface area contributed by atoms with Crippen molar-refractivity contribution in [2.45, 2.75) is 26.3 Å². The Kier molecular flexibility index (Phi) is 4.23. The molecule has 2 aromatic carbocycles. The zero-order chi connectivity index (χ0) is 13.8. The summed E-state index contributed by atoms with van der Waals surface area (Å²) < 4.78 is 5.44. The van der Waals surface area contributed by atoms with Crippen molar-refractivity contribution in [3.05, 3.63) is 64.7 Å².